The first kappa shape index (κ1) is 24.2. The molecule has 0 amide bonds. The van der Waals surface area contributed by atoms with E-state index in [-0.39, 0.29) is 12.8 Å². The average Bonchev–Trinajstić information content (AvgIpc) is 2.83. The lowest BCUT2D eigenvalue weighted by atomic mass is 9.89. The van der Waals surface area contributed by atoms with E-state index >= 15 is 0 Å². The highest BCUT2D eigenvalue weighted by atomic mass is 16.5. The number of rotatable bonds is 11. The van der Waals surface area contributed by atoms with Crippen LogP contribution in [0.15, 0.2) is 36.4 Å². The summed E-state index contributed by atoms with van der Waals surface area (Å²) in [6, 6.07) is 13.5. The summed E-state index contributed by atoms with van der Waals surface area (Å²) in [7, 11) is 5.89. The van der Waals surface area contributed by atoms with Crippen LogP contribution in [-0.4, -0.2) is 40.0 Å². The first-order valence-electron chi connectivity index (χ1n) is 9.72. The molecule has 8 nitrogen and oxygen atoms in total. The van der Waals surface area contributed by atoms with Gasteiger partial charge in [0.15, 0.2) is 34.6 Å². The largest absolute Gasteiger partial charge is 0.493 e. The lowest BCUT2D eigenvalue weighted by Crippen LogP contribution is -2.16. The van der Waals surface area contributed by atoms with Gasteiger partial charge in [0.25, 0.3) is 0 Å². The molecule has 0 aliphatic carbocycles. The molecule has 32 heavy (non-hydrogen) atoms. The zero-order valence-electron chi connectivity index (χ0n) is 18.4. The van der Waals surface area contributed by atoms with Crippen molar-refractivity contribution in [3.63, 3.8) is 0 Å². The van der Waals surface area contributed by atoms with E-state index in [2.05, 4.69) is 0 Å². The first-order chi connectivity index (χ1) is 15.4. The van der Waals surface area contributed by atoms with Gasteiger partial charge in [0.1, 0.15) is 11.8 Å². The molecule has 0 aliphatic heterocycles. The molecule has 0 unspecified atom stereocenters. The molecule has 0 bridgehead atoms. The molecule has 0 aromatic heterocycles. The molecule has 0 spiro atoms. The van der Waals surface area contributed by atoms with Crippen molar-refractivity contribution in [1.82, 2.24) is 0 Å². The fourth-order valence-corrected chi connectivity index (χ4v) is 3.26. The van der Waals surface area contributed by atoms with E-state index in [1.165, 1.54) is 28.4 Å². The molecule has 166 valence electrons. The Bertz CT molecular complexity index is 982. The number of hydrogen-bond donors (Lipinski definition) is 0. The van der Waals surface area contributed by atoms with Crippen LogP contribution in [0.1, 0.15) is 35.8 Å². The van der Waals surface area contributed by atoms with Crippen molar-refractivity contribution >= 4 is 11.6 Å². The van der Waals surface area contributed by atoms with E-state index in [9.17, 15) is 20.1 Å². The van der Waals surface area contributed by atoms with Crippen molar-refractivity contribution in [1.29, 1.82) is 10.5 Å². The van der Waals surface area contributed by atoms with Gasteiger partial charge in [0.05, 0.1) is 40.6 Å². The van der Waals surface area contributed by atoms with Gasteiger partial charge in [-0.25, -0.2) is 0 Å². The van der Waals surface area contributed by atoms with Gasteiger partial charge < -0.3 is 18.9 Å². The number of benzene rings is 2. The summed E-state index contributed by atoms with van der Waals surface area (Å²) in [5.74, 6) is -1.23. The van der Waals surface area contributed by atoms with Crippen LogP contribution >= 0.6 is 0 Å². The number of nitrogens with zero attached hydrogens (tertiary/aromatic N) is 2. The predicted molar refractivity (Wildman–Crippen MR) is 115 cm³/mol. The monoisotopic (exact) mass is 436 g/mol. The third kappa shape index (κ3) is 5.35. The fraction of sp³-hybridized carbons (Fsp3) is 0.333. The molecular weight excluding hydrogens is 412 g/mol. The van der Waals surface area contributed by atoms with Crippen LogP contribution in [0.2, 0.25) is 0 Å². The molecule has 2 aromatic carbocycles. The van der Waals surface area contributed by atoms with Crippen molar-refractivity contribution < 1.29 is 28.5 Å². The van der Waals surface area contributed by atoms with Crippen LogP contribution in [0.3, 0.4) is 0 Å². The van der Waals surface area contributed by atoms with Crippen molar-refractivity contribution in [3.05, 3.63) is 47.5 Å². The summed E-state index contributed by atoms with van der Waals surface area (Å²) in [5.41, 5.74) is 0.888. The maximum absolute atomic E-state index is 12.7. The molecular formula is C24H24N2O6. The first-order valence-corrected chi connectivity index (χ1v) is 9.72. The smallest absolute Gasteiger partial charge is 0.161 e. The second-order valence-electron chi connectivity index (χ2n) is 6.79. The highest BCUT2D eigenvalue weighted by molar-refractivity contribution is 5.95. The summed E-state index contributed by atoms with van der Waals surface area (Å²) in [5, 5.41) is 19.1. The van der Waals surface area contributed by atoms with Gasteiger partial charge in [-0.1, -0.05) is 12.1 Å². The van der Waals surface area contributed by atoms with E-state index in [1.54, 1.807) is 36.4 Å². The van der Waals surface area contributed by atoms with Crippen LogP contribution in [0.5, 0.6) is 23.0 Å². The molecule has 0 aliphatic rings. The number of nitriles is 2. The van der Waals surface area contributed by atoms with E-state index < -0.39 is 23.4 Å². The van der Waals surface area contributed by atoms with Crippen molar-refractivity contribution in [2.24, 2.45) is 0 Å². The molecule has 2 atom stereocenters. The number of ketones is 2. The molecule has 2 aromatic rings. The van der Waals surface area contributed by atoms with Crippen molar-refractivity contribution in [2.75, 3.05) is 28.4 Å². The van der Waals surface area contributed by atoms with Gasteiger partial charge in [-0.15, -0.1) is 0 Å². The summed E-state index contributed by atoms with van der Waals surface area (Å²) in [6.07, 6.45) is -0.340. The van der Waals surface area contributed by atoms with Gasteiger partial charge in [0, 0.05) is 12.8 Å². The molecule has 0 heterocycles. The normalized spacial score (nSPS) is 11.9. The maximum atomic E-state index is 12.7. The second-order valence-corrected chi connectivity index (χ2v) is 6.79. The van der Waals surface area contributed by atoms with Crippen LogP contribution < -0.4 is 18.9 Å². The molecule has 0 saturated heterocycles. The van der Waals surface area contributed by atoms with E-state index in [0.29, 0.717) is 34.1 Å². The van der Waals surface area contributed by atoms with Gasteiger partial charge >= 0.3 is 0 Å². The Morgan fingerprint density at radius 1 is 0.688 bits per heavy atom. The Morgan fingerprint density at radius 2 is 1.03 bits per heavy atom. The van der Waals surface area contributed by atoms with E-state index in [1.807, 2.05) is 12.1 Å². The highest BCUT2D eigenvalue weighted by Crippen LogP contribution is 2.33. The average molecular weight is 436 g/mol. The zero-order valence-corrected chi connectivity index (χ0v) is 18.4. The Kier molecular flexibility index (Phi) is 8.62. The molecule has 0 radical (unpaired) electrons. The van der Waals surface area contributed by atoms with E-state index in [4.69, 9.17) is 18.9 Å². The minimum Gasteiger partial charge on any atom is -0.493 e. The number of ether oxygens (including phenoxy) is 4. The third-order valence-corrected chi connectivity index (χ3v) is 5.00. The maximum Gasteiger partial charge on any atom is 0.161 e. The topological polar surface area (TPSA) is 119 Å². The van der Waals surface area contributed by atoms with Crippen LogP contribution in [0.25, 0.3) is 0 Å². The number of Topliss-reactive ketones (excluding diaryl/α,β-unsaturated/α-hetero) is 2. The van der Waals surface area contributed by atoms with Crippen LogP contribution in [0.4, 0.5) is 0 Å². The summed E-state index contributed by atoms with van der Waals surface area (Å²) in [4.78, 5) is 25.4. The molecule has 0 saturated carbocycles. The van der Waals surface area contributed by atoms with Crippen LogP contribution in [-0.2, 0) is 9.59 Å². The molecule has 8 heteroatoms. The fourth-order valence-electron chi connectivity index (χ4n) is 3.26. The van der Waals surface area contributed by atoms with Gasteiger partial charge in [-0.3, -0.25) is 9.59 Å². The van der Waals surface area contributed by atoms with Gasteiger partial charge in [-0.05, 0) is 35.4 Å². The Hall–Kier alpha value is -4.04. The Labute approximate surface area is 186 Å². The van der Waals surface area contributed by atoms with Gasteiger partial charge in [-0.2, -0.15) is 10.5 Å². The lowest BCUT2D eigenvalue weighted by molar-refractivity contribution is -0.124. The SMILES string of the molecule is COc1ccc([C@H](C#N)C(=O)CCC(=O)[C@@H](C#N)c2ccc(OC)c(OC)c2)cc1OC. The Balaban J connectivity index is 2.14. The lowest BCUT2D eigenvalue weighted by Gasteiger charge is -2.14. The summed E-state index contributed by atoms with van der Waals surface area (Å²) in [6.45, 7) is 0. The zero-order chi connectivity index (χ0) is 23.7. The van der Waals surface area contributed by atoms with E-state index in [0.717, 1.165) is 0 Å². The predicted octanol–water partition coefficient (Wildman–Crippen LogP) is 3.55. The van der Waals surface area contributed by atoms with Crippen molar-refractivity contribution in [2.45, 2.75) is 24.7 Å². The number of methoxy groups -OCH3 is 4. The minimum absolute atomic E-state index is 0.170. The third-order valence-electron chi connectivity index (χ3n) is 5.00. The van der Waals surface area contributed by atoms with Crippen molar-refractivity contribution in [3.8, 4) is 35.1 Å². The van der Waals surface area contributed by atoms with Crippen LogP contribution in [0, 0.1) is 22.7 Å². The number of carbonyl (C=O) groups excluding carboxylic acids is 2. The number of carbonyl (C=O) groups is 2. The summed E-state index contributed by atoms with van der Waals surface area (Å²) < 4.78 is 20.8. The molecule has 0 fully saturated rings. The standard InChI is InChI=1S/C24H24N2O6/c1-29-21-9-5-15(11-23(21)31-3)17(13-25)19(27)7-8-20(28)18(14-26)16-6-10-22(30-2)24(12-16)32-4/h5-6,9-12,17-18H,7-8H2,1-4H3/t17-,18-/m0/s1. The highest BCUT2D eigenvalue weighted by Gasteiger charge is 2.26. The summed E-state index contributed by atoms with van der Waals surface area (Å²) >= 11 is 0. The number of hydrogen-bond acceptors (Lipinski definition) is 8. The molecule has 0 N–H and O–H groups in total. The quantitative estimate of drug-likeness (QED) is 0.525. The minimum atomic E-state index is -1.07. The molecule has 2 rings (SSSR count). The van der Waals surface area contributed by atoms with Gasteiger partial charge in [0.2, 0.25) is 0 Å². The Morgan fingerprint density at radius 3 is 1.31 bits per heavy atom. The second kappa shape index (κ2) is 11.4.